The zero-order valence-corrected chi connectivity index (χ0v) is 17.2. The van der Waals surface area contributed by atoms with Gasteiger partial charge in [-0.2, -0.15) is 4.98 Å². The summed E-state index contributed by atoms with van der Waals surface area (Å²) in [5.74, 6) is 1.85. The monoisotopic (exact) mass is 419 g/mol. The van der Waals surface area contributed by atoms with Crippen LogP contribution in [0.3, 0.4) is 0 Å². The standard InChI is InChI=1S/C24H22FN3O3/c1-29-19-12-13-20(21(14-19)30-2)24-27-22(31-28-24)15-26-23(16-6-4-3-5-7-16)17-8-10-18(25)11-9-17/h3-14,23,26H,15H2,1-2H3. The average molecular weight is 419 g/mol. The van der Waals surface area contributed by atoms with Crippen molar-refractivity contribution in [2.24, 2.45) is 0 Å². The lowest BCUT2D eigenvalue weighted by Crippen LogP contribution is -2.22. The Morgan fingerprint density at radius 1 is 0.935 bits per heavy atom. The number of nitrogens with zero attached hydrogens (tertiary/aromatic N) is 2. The van der Waals surface area contributed by atoms with E-state index in [4.69, 9.17) is 14.0 Å². The van der Waals surface area contributed by atoms with Crippen molar-refractivity contribution in [3.63, 3.8) is 0 Å². The first-order valence-corrected chi connectivity index (χ1v) is 9.76. The highest BCUT2D eigenvalue weighted by molar-refractivity contribution is 5.65. The van der Waals surface area contributed by atoms with Crippen LogP contribution in [-0.4, -0.2) is 24.4 Å². The van der Waals surface area contributed by atoms with Crippen LogP contribution in [0.2, 0.25) is 0 Å². The summed E-state index contributed by atoms with van der Waals surface area (Å²) in [4.78, 5) is 4.50. The van der Waals surface area contributed by atoms with Gasteiger partial charge in [-0.3, -0.25) is 5.32 Å². The number of benzene rings is 3. The van der Waals surface area contributed by atoms with Gasteiger partial charge < -0.3 is 14.0 Å². The minimum absolute atomic E-state index is 0.160. The molecule has 0 fully saturated rings. The molecule has 0 aliphatic heterocycles. The third kappa shape index (κ3) is 4.73. The van der Waals surface area contributed by atoms with Crippen molar-refractivity contribution in [1.82, 2.24) is 15.5 Å². The third-order valence-electron chi connectivity index (χ3n) is 4.91. The summed E-state index contributed by atoms with van der Waals surface area (Å²) in [7, 11) is 3.17. The van der Waals surface area contributed by atoms with Crippen LogP contribution in [0.5, 0.6) is 11.5 Å². The molecule has 7 heteroatoms. The number of halogens is 1. The quantitative estimate of drug-likeness (QED) is 0.444. The number of methoxy groups -OCH3 is 2. The summed E-state index contributed by atoms with van der Waals surface area (Å²) in [6.45, 7) is 0.336. The Kier molecular flexibility index (Phi) is 6.24. The van der Waals surface area contributed by atoms with Crippen molar-refractivity contribution < 1.29 is 18.4 Å². The molecule has 4 aromatic rings. The summed E-state index contributed by atoms with van der Waals surface area (Å²) < 4.78 is 29.5. The van der Waals surface area contributed by atoms with Crippen molar-refractivity contribution in [1.29, 1.82) is 0 Å². The Balaban J connectivity index is 1.55. The number of aromatic nitrogens is 2. The highest BCUT2D eigenvalue weighted by atomic mass is 19.1. The van der Waals surface area contributed by atoms with Crippen LogP contribution in [0.25, 0.3) is 11.4 Å². The third-order valence-corrected chi connectivity index (χ3v) is 4.91. The lowest BCUT2D eigenvalue weighted by molar-refractivity contribution is 0.362. The molecular formula is C24H22FN3O3. The zero-order valence-electron chi connectivity index (χ0n) is 17.2. The summed E-state index contributed by atoms with van der Waals surface area (Å²) >= 11 is 0. The van der Waals surface area contributed by atoms with E-state index in [9.17, 15) is 4.39 Å². The van der Waals surface area contributed by atoms with Gasteiger partial charge in [-0.1, -0.05) is 47.6 Å². The van der Waals surface area contributed by atoms with Gasteiger partial charge in [-0.05, 0) is 35.4 Å². The molecule has 0 bridgehead atoms. The van der Waals surface area contributed by atoms with E-state index in [1.807, 2.05) is 42.5 Å². The predicted molar refractivity (Wildman–Crippen MR) is 114 cm³/mol. The van der Waals surface area contributed by atoms with E-state index in [1.54, 1.807) is 32.4 Å². The maximum atomic E-state index is 13.4. The van der Waals surface area contributed by atoms with Gasteiger partial charge in [0.25, 0.3) is 0 Å². The van der Waals surface area contributed by atoms with Crippen LogP contribution in [0.15, 0.2) is 77.3 Å². The minimum atomic E-state index is -0.273. The molecule has 0 aliphatic rings. The Bertz CT molecular complexity index is 1130. The van der Waals surface area contributed by atoms with Gasteiger partial charge >= 0.3 is 0 Å². The van der Waals surface area contributed by atoms with E-state index >= 15 is 0 Å². The second-order valence-electron chi connectivity index (χ2n) is 6.85. The van der Waals surface area contributed by atoms with Gasteiger partial charge in [-0.25, -0.2) is 4.39 Å². The Hall–Kier alpha value is -3.71. The molecule has 0 radical (unpaired) electrons. The van der Waals surface area contributed by atoms with E-state index in [0.717, 1.165) is 11.1 Å². The van der Waals surface area contributed by atoms with Gasteiger partial charge in [0.15, 0.2) is 0 Å². The minimum Gasteiger partial charge on any atom is -0.497 e. The first-order valence-electron chi connectivity index (χ1n) is 9.76. The molecule has 0 saturated heterocycles. The Labute approximate surface area is 179 Å². The number of hydrogen-bond donors (Lipinski definition) is 1. The molecule has 1 atom stereocenters. The fourth-order valence-corrected chi connectivity index (χ4v) is 3.34. The number of hydrogen-bond acceptors (Lipinski definition) is 6. The van der Waals surface area contributed by atoms with Gasteiger partial charge in [0.1, 0.15) is 17.3 Å². The van der Waals surface area contributed by atoms with Crippen LogP contribution < -0.4 is 14.8 Å². The molecule has 3 aromatic carbocycles. The fourth-order valence-electron chi connectivity index (χ4n) is 3.34. The summed E-state index contributed by atoms with van der Waals surface area (Å²) in [5.41, 5.74) is 2.69. The van der Waals surface area contributed by atoms with Crippen molar-refractivity contribution in [2.75, 3.05) is 14.2 Å². The van der Waals surface area contributed by atoms with E-state index in [1.165, 1.54) is 12.1 Å². The molecule has 0 spiro atoms. The van der Waals surface area contributed by atoms with Crippen LogP contribution in [0.1, 0.15) is 23.1 Å². The highest BCUT2D eigenvalue weighted by Gasteiger charge is 2.17. The Morgan fingerprint density at radius 2 is 1.68 bits per heavy atom. The van der Waals surface area contributed by atoms with Crippen LogP contribution in [0.4, 0.5) is 4.39 Å². The molecule has 158 valence electrons. The van der Waals surface area contributed by atoms with Gasteiger partial charge in [0, 0.05) is 6.07 Å². The molecule has 31 heavy (non-hydrogen) atoms. The maximum absolute atomic E-state index is 13.4. The van der Waals surface area contributed by atoms with Crippen molar-refractivity contribution >= 4 is 0 Å². The zero-order chi connectivity index (χ0) is 21.6. The summed E-state index contributed by atoms with van der Waals surface area (Å²) in [6, 6.07) is 21.6. The van der Waals surface area contributed by atoms with Gasteiger partial charge in [0.2, 0.25) is 11.7 Å². The Morgan fingerprint density at radius 3 is 2.39 bits per heavy atom. The predicted octanol–water partition coefficient (Wildman–Crippen LogP) is 4.77. The summed E-state index contributed by atoms with van der Waals surface area (Å²) in [5, 5.41) is 7.52. The molecule has 1 aromatic heterocycles. The van der Waals surface area contributed by atoms with Crippen LogP contribution in [0, 0.1) is 5.82 Å². The average Bonchev–Trinajstić information content (AvgIpc) is 3.29. The van der Waals surface area contributed by atoms with E-state index in [0.29, 0.717) is 35.3 Å². The van der Waals surface area contributed by atoms with Crippen molar-refractivity contribution in [2.45, 2.75) is 12.6 Å². The highest BCUT2D eigenvalue weighted by Crippen LogP contribution is 2.31. The lowest BCUT2D eigenvalue weighted by atomic mass is 9.98. The van der Waals surface area contributed by atoms with Gasteiger partial charge in [0.05, 0.1) is 32.4 Å². The fraction of sp³-hybridized carbons (Fsp3) is 0.167. The first-order chi connectivity index (χ1) is 15.2. The number of ether oxygens (including phenoxy) is 2. The lowest BCUT2D eigenvalue weighted by Gasteiger charge is -2.19. The van der Waals surface area contributed by atoms with Crippen LogP contribution in [-0.2, 0) is 6.54 Å². The van der Waals surface area contributed by atoms with Crippen molar-refractivity contribution in [3.05, 3.63) is 95.6 Å². The maximum Gasteiger partial charge on any atom is 0.240 e. The number of rotatable bonds is 8. The topological polar surface area (TPSA) is 69.4 Å². The second kappa shape index (κ2) is 9.40. The second-order valence-corrected chi connectivity index (χ2v) is 6.85. The van der Waals surface area contributed by atoms with E-state index in [-0.39, 0.29) is 11.9 Å². The normalized spacial score (nSPS) is 11.8. The van der Waals surface area contributed by atoms with E-state index < -0.39 is 0 Å². The molecule has 4 rings (SSSR count). The summed E-state index contributed by atoms with van der Waals surface area (Å²) in [6.07, 6.45) is 0. The van der Waals surface area contributed by atoms with Gasteiger partial charge in [-0.15, -0.1) is 0 Å². The smallest absolute Gasteiger partial charge is 0.240 e. The molecule has 6 nitrogen and oxygen atoms in total. The van der Waals surface area contributed by atoms with E-state index in [2.05, 4.69) is 15.5 Å². The molecule has 0 aliphatic carbocycles. The molecule has 0 amide bonds. The SMILES string of the molecule is COc1ccc(-c2noc(CNC(c3ccccc3)c3ccc(F)cc3)n2)c(OC)c1. The molecule has 1 unspecified atom stereocenters. The molecular weight excluding hydrogens is 397 g/mol. The molecule has 1 heterocycles. The van der Waals surface area contributed by atoms with Crippen LogP contribution >= 0.6 is 0 Å². The largest absolute Gasteiger partial charge is 0.497 e. The molecule has 0 saturated carbocycles. The first kappa shape index (κ1) is 20.6. The van der Waals surface area contributed by atoms with Crippen molar-refractivity contribution in [3.8, 4) is 22.9 Å². The number of nitrogens with one attached hydrogen (secondary N) is 1. The molecule has 1 N–H and O–H groups in total.